The summed E-state index contributed by atoms with van der Waals surface area (Å²) in [6, 6.07) is 21.1. The summed E-state index contributed by atoms with van der Waals surface area (Å²) in [5.41, 5.74) is 3.76. The van der Waals surface area contributed by atoms with E-state index >= 15 is 0 Å². The van der Waals surface area contributed by atoms with Crippen LogP contribution in [-0.2, 0) is 6.54 Å². The van der Waals surface area contributed by atoms with E-state index in [4.69, 9.17) is 0 Å². The van der Waals surface area contributed by atoms with Crippen molar-refractivity contribution in [3.8, 4) is 0 Å². The van der Waals surface area contributed by atoms with Crippen molar-refractivity contribution in [3.63, 3.8) is 0 Å². The van der Waals surface area contributed by atoms with Gasteiger partial charge in [0.2, 0.25) is 0 Å². The molecule has 6 nitrogen and oxygen atoms in total. The first kappa shape index (κ1) is 20.8. The zero-order valence-electron chi connectivity index (χ0n) is 16.9. The molecular weight excluding hydrogens is 378 g/mol. The lowest BCUT2D eigenvalue weighted by Crippen LogP contribution is -2.24. The number of amides is 3. The molecule has 6 heteroatoms. The number of rotatable bonds is 6. The molecule has 0 bridgehead atoms. The molecule has 0 radical (unpaired) electrons. The first-order valence-corrected chi connectivity index (χ1v) is 9.54. The second-order valence-corrected chi connectivity index (χ2v) is 6.81. The predicted molar refractivity (Wildman–Crippen MR) is 117 cm³/mol. The highest BCUT2D eigenvalue weighted by atomic mass is 16.2. The number of aryl methyl sites for hydroxylation is 1. The second-order valence-electron chi connectivity index (χ2n) is 6.81. The summed E-state index contributed by atoms with van der Waals surface area (Å²) in [6.45, 7) is 2.15. The molecule has 3 aromatic carbocycles. The number of hydrogen-bond acceptors (Lipinski definition) is 3. The molecular formula is C24H23N3O3. The maximum absolute atomic E-state index is 12.6. The second kappa shape index (κ2) is 9.52. The summed E-state index contributed by atoms with van der Waals surface area (Å²) in [5.74, 6) is -0.682. The van der Waals surface area contributed by atoms with Crippen molar-refractivity contribution in [1.82, 2.24) is 10.6 Å². The van der Waals surface area contributed by atoms with E-state index in [0.717, 1.165) is 11.1 Å². The monoisotopic (exact) mass is 401 g/mol. The van der Waals surface area contributed by atoms with Gasteiger partial charge in [0.25, 0.3) is 17.7 Å². The quantitative estimate of drug-likeness (QED) is 0.590. The fourth-order valence-corrected chi connectivity index (χ4v) is 2.93. The summed E-state index contributed by atoms with van der Waals surface area (Å²) in [5, 5.41) is 8.28. The highest BCUT2D eigenvalue weighted by Crippen LogP contribution is 2.18. The summed E-state index contributed by atoms with van der Waals surface area (Å²) in [4.78, 5) is 36.8. The third-order valence-corrected chi connectivity index (χ3v) is 4.65. The lowest BCUT2D eigenvalue weighted by molar-refractivity contribution is 0.0948. The van der Waals surface area contributed by atoms with Gasteiger partial charge in [0, 0.05) is 36.0 Å². The third-order valence-electron chi connectivity index (χ3n) is 4.65. The molecule has 0 saturated carbocycles. The molecule has 3 aromatic rings. The van der Waals surface area contributed by atoms with Crippen LogP contribution in [0.1, 0.15) is 42.2 Å². The van der Waals surface area contributed by atoms with Crippen molar-refractivity contribution >= 4 is 23.4 Å². The average molecular weight is 401 g/mol. The van der Waals surface area contributed by atoms with Gasteiger partial charge in [-0.2, -0.15) is 0 Å². The number of carbonyl (C=O) groups excluding carboxylic acids is 3. The van der Waals surface area contributed by atoms with E-state index in [1.807, 2.05) is 19.1 Å². The van der Waals surface area contributed by atoms with E-state index in [2.05, 4.69) is 16.0 Å². The molecule has 3 N–H and O–H groups in total. The normalized spacial score (nSPS) is 10.2. The van der Waals surface area contributed by atoms with E-state index in [0.29, 0.717) is 22.4 Å². The van der Waals surface area contributed by atoms with E-state index in [9.17, 15) is 14.4 Å². The number of nitrogens with one attached hydrogen (secondary N) is 3. The van der Waals surface area contributed by atoms with Crippen LogP contribution in [0.25, 0.3) is 0 Å². The number of benzene rings is 3. The highest BCUT2D eigenvalue weighted by Gasteiger charge is 2.12. The number of carbonyl (C=O) groups is 3. The lowest BCUT2D eigenvalue weighted by Gasteiger charge is -2.11. The van der Waals surface area contributed by atoms with Crippen molar-refractivity contribution in [3.05, 3.63) is 101 Å². The topological polar surface area (TPSA) is 87.3 Å². The first-order chi connectivity index (χ1) is 14.5. The van der Waals surface area contributed by atoms with Crippen LogP contribution in [0.4, 0.5) is 5.69 Å². The molecule has 3 amide bonds. The Balaban J connectivity index is 1.69. The van der Waals surface area contributed by atoms with Gasteiger partial charge in [-0.15, -0.1) is 0 Å². The number of hydrogen-bond donors (Lipinski definition) is 3. The van der Waals surface area contributed by atoms with Gasteiger partial charge in [0.15, 0.2) is 0 Å². The van der Waals surface area contributed by atoms with Crippen LogP contribution >= 0.6 is 0 Å². The standard InChI is InChI=1S/C24H23N3O3/c1-16-11-12-20(14-21(16)27-24(30)18-8-4-3-5-9-18)23(29)26-15-17-7-6-10-19(13-17)22(28)25-2/h3-14H,15H2,1-2H3,(H,25,28)(H,26,29)(H,27,30). The Hall–Kier alpha value is -3.93. The Morgan fingerprint density at radius 2 is 1.43 bits per heavy atom. The van der Waals surface area contributed by atoms with E-state index in [1.54, 1.807) is 67.7 Å². The molecule has 0 spiro atoms. The maximum atomic E-state index is 12.6. The van der Waals surface area contributed by atoms with Gasteiger partial charge in [0.05, 0.1) is 0 Å². The van der Waals surface area contributed by atoms with Gasteiger partial charge in [-0.3, -0.25) is 14.4 Å². The third kappa shape index (κ3) is 5.11. The Labute approximate surface area is 175 Å². The largest absolute Gasteiger partial charge is 0.355 e. The fourth-order valence-electron chi connectivity index (χ4n) is 2.93. The van der Waals surface area contributed by atoms with Crippen LogP contribution in [0.2, 0.25) is 0 Å². The zero-order chi connectivity index (χ0) is 21.5. The van der Waals surface area contributed by atoms with Gasteiger partial charge in [0.1, 0.15) is 0 Å². The molecule has 0 heterocycles. The van der Waals surface area contributed by atoms with Crippen molar-refractivity contribution in [2.24, 2.45) is 0 Å². The predicted octanol–water partition coefficient (Wildman–Crippen LogP) is 3.54. The molecule has 30 heavy (non-hydrogen) atoms. The molecule has 0 aliphatic heterocycles. The van der Waals surface area contributed by atoms with E-state index in [1.165, 1.54) is 0 Å². The van der Waals surface area contributed by atoms with E-state index in [-0.39, 0.29) is 24.3 Å². The smallest absolute Gasteiger partial charge is 0.255 e. The fraction of sp³-hybridized carbons (Fsp3) is 0.125. The van der Waals surface area contributed by atoms with Gasteiger partial charge < -0.3 is 16.0 Å². The Morgan fingerprint density at radius 1 is 0.733 bits per heavy atom. The maximum Gasteiger partial charge on any atom is 0.255 e. The van der Waals surface area contributed by atoms with Crippen LogP contribution in [0.5, 0.6) is 0 Å². The van der Waals surface area contributed by atoms with Crippen LogP contribution in [0.3, 0.4) is 0 Å². The molecule has 0 unspecified atom stereocenters. The summed E-state index contributed by atoms with van der Waals surface area (Å²) >= 11 is 0. The molecule has 0 saturated heterocycles. The van der Waals surface area contributed by atoms with Crippen LogP contribution < -0.4 is 16.0 Å². The van der Waals surface area contributed by atoms with E-state index < -0.39 is 0 Å². The molecule has 0 aliphatic rings. The van der Waals surface area contributed by atoms with Gasteiger partial charge in [-0.1, -0.05) is 36.4 Å². The minimum Gasteiger partial charge on any atom is -0.355 e. The highest BCUT2D eigenvalue weighted by molar-refractivity contribution is 6.05. The molecule has 0 atom stereocenters. The average Bonchev–Trinajstić information content (AvgIpc) is 2.79. The molecule has 152 valence electrons. The zero-order valence-corrected chi connectivity index (χ0v) is 16.9. The minimum atomic E-state index is -0.268. The first-order valence-electron chi connectivity index (χ1n) is 9.54. The van der Waals surface area contributed by atoms with Crippen LogP contribution in [-0.4, -0.2) is 24.8 Å². The lowest BCUT2D eigenvalue weighted by atomic mass is 10.1. The Bertz CT molecular complexity index is 1080. The van der Waals surface area contributed by atoms with Gasteiger partial charge in [-0.25, -0.2) is 0 Å². The molecule has 0 aliphatic carbocycles. The minimum absolute atomic E-state index is 0.180. The number of anilines is 1. The molecule has 0 fully saturated rings. The van der Waals surface area contributed by atoms with Crippen molar-refractivity contribution in [2.45, 2.75) is 13.5 Å². The van der Waals surface area contributed by atoms with Crippen molar-refractivity contribution in [1.29, 1.82) is 0 Å². The molecule has 0 aromatic heterocycles. The Kier molecular flexibility index (Phi) is 6.60. The van der Waals surface area contributed by atoms with Crippen LogP contribution in [0, 0.1) is 6.92 Å². The summed E-state index contributed by atoms with van der Waals surface area (Å²) in [7, 11) is 1.57. The summed E-state index contributed by atoms with van der Waals surface area (Å²) < 4.78 is 0. The molecule has 3 rings (SSSR count). The SMILES string of the molecule is CNC(=O)c1cccc(CNC(=O)c2ccc(C)c(NC(=O)c3ccccc3)c2)c1. The van der Waals surface area contributed by atoms with Crippen LogP contribution in [0.15, 0.2) is 72.8 Å². The van der Waals surface area contributed by atoms with Crippen molar-refractivity contribution in [2.75, 3.05) is 12.4 Å². The van der Waals surface area contributed by atoms with Crippen molar-refractivity contribution < 1.29 is 14.4 Å². The Morgan fingerprint density at radius 3 is 2.17 bits per heavy atom. The van der Waals surface area contributed by atoms with Gasteiger partial charge in [-0.05, 0) is 54.4 Å². The van der Waals surface area contributed by atoms with Gasteiger partial charge >= 0.3 is 0 Å². The summed E-state index contributed by atoms with van der Waals surface area (Å²) in [6.07, 6.45) is 0.